The quantitative estimate of drug-likeness (QED) is 0.586. The predicted molar refractivity (Wildman–Crippen MR) is 122 cm³/mol. The fraction of sp³-hybridized carbons (Fsp3) is 0.417. The van der Waals surface area contributed by atoms with Crippen molar-refractivity contribution in [3.8, 4) is 5.75 Å². The third-order valence-electron chi connectivity index (χ3n) is 6.27. The standard InChI is InChI=1S/C17H19FN2O.C7H7NOS/c18-14-6-4-12-5-7-15(21)20-11-13(16(14)17(12)20)10-19-8-2-1-3-9-19;1-5-2-7-6(3-8-5)9-4-10-7/h4-7,13H,1-3,8-11H2;2-3H,4H2,1H3. The van der Waals surface area contributed by atoms with Gasteiger partial charge in [-0.3, -0.25) is 9.78 Å². The first-order valence-electron chi connectivity index (χ1n) is 10.9. The first-order valence-corrected chi connectivity index (χ1v) is 11.9. The van der Waals surface area contributed by atoms with Gasteiger partial charge in [-0.2, -0.15) is 0 Å². The minimum atomic E-state index is -0.165. The molecule has 1 atom stereocenters. The number of fused-ring (bicyclic) bond motifs is 1. The molecule has 162 valence electrons. The average molecular weight is 440 g/mol. The van der Waals surface area contributed by atoms with Gasteiger partial charge >= 0.3 is 0 Å². The Bertz CT molecular complexity index is 1170. The molecule has 1 saturated heterocycles. The Hall–Kier alpha value is -2.38. The second-order valence-electron chi connectivity index (χ2n) is 8.42. The van der Waals surface area contributed by atoms with Crippen LogP contribution in [0.15, 0.2) is 46.2 Å². The highest BCUT2D eigenvalue weighted by molar-refractivity contribution is 7.99. The number of hydrogen-bond donors (Lipinski definition) is 0. The lowest BCUT2D eigenvalue weighted by atomic mass is 9.97. The van der Waals surface area contributed by atoms with Crippen molar-refractivity contribution in [1.82, 2.24) is 14.5 Å². The molecule has 1 fully saturated rings. The highest BCUT2D eigenvalue weighted by atomic mass is 32.2. The van der Waals surface area contributed by atoms with E-state index in [9.17, 15) is 9.18 Å². The molecule has 0 saturated carbocycles. The maximum absolute atomic E-state index is 14.4. The van der Waals surface area contributed by atoms with Gasteiger partial charge in [-0.25, -0.2) is 4.39 Å². The van der Waals surface area contributed by atoms with Gasteiger partial charge in [0.25, 0.3) is 5.56 Å². The molecular formula is C24H26FN3O2S. The maximum atomic E-state index is 14.4. The Labute approximate surface area is 185 Å². The molecule has 3 aliphatic heterocycles. The summed E-state index contributed by atoms with van der Waals surface area (Å²) in [4.78, 5) is 19.8. The van der Waals surface area contributed by atoms with E-state index in [4.69, 9.17) is 4.74 Å². The van der Waals surface area contributed by atoms with Gasteiger partial charge in [0.05, 0.1) is 16.6 Å². The van der Waals surface area contributed by atoms with Crippen molar-refractivity contribution >= 4 is 22.7 Å². The summed E-state index contributed by atoms with van der Waals surface area (Å²) in [5.41, 5.74) is 2.59. The number of thioether (sulfide) groups is 1. The van der Waals surface area contributed by atoms with Gasteiger partial charge < -0.3 is 14.2 Å². The van der Waals surface area contributed by atoms with E-state index in [0.717, 1.165) is 53.5 Å². The molecule has 5 nitrogen and oxygen atoms in total. The molecule has 6 rings (SSSR count). The van der Waals surface area contributed by atoms with Gasteiger partial charge in [-0.15, -0.1) is 0 Å². The van der Waals surface area contributed by atoms with E-state index in [2.05, 4.69) is 9.88 Å². The number of aromatic nitrogens is 2. The van der Waals surface area contributed by atoms with Gasteiger partial charge in [0.1, 0.15) is 11.8 Å². The highest BCUT2D eigenvalue weighted by Gasteiger charge is 2.30. The van der Waals surface area contributed by atoms with Crippen LogP contribution in [-0.2, 0) is 6.54 Å². The molecule has 0 spiro atoms. The molecule has 2 aromatic heterocycles. The lowest BCUT2D eigenvalue weighted by molar-refractivity contribution is 0.211. The van der Waals surface area contributed by atoms with Crippen LogP contribution in [0.25, 0.3) is 10.9 Å². The molecule has 1 aromatic carbocycles. The molecule has 3 aliphatic rings. The third kappa shape index (κ3) is 4.08. The monoisotopic (exact) mass is 439 g/mol. The van der Waals surface area contributed by atoms with Crippen molar-refractivity contribution in [2.75, 3.05) is 25.6 Å². The van der Waals surface area contributed by atoms with Crippen LogP contribution in [0.1, 0.15) is 36.4 Å². The molecule has 0 bridgehead atoms. The third-order valence-corrected chi connectivity index (χ3v) is 7.14. The second-order valence-corrected chi connectivity index (χ2v) is 9.38. The number of likely N-dealkylation sites (tertiary alicyclic amines) is 1. The Morgan fingerprint density at radius 1 is 1.19 bits per heavy atom. The topological polar surface area (TPSA) is 47.4 Å². The van der Waals surface area contributed by atoms with Crippen LogP contribution in [-0.4, -0.2) is 40.0 Å². The summed E-state index contributed by atoms with van der Waals surface area (Å²) in [6, 6.07) is 8.76. The largest absolute Gasteiger partial charge is 0.480 e. The van der Waals surface area contributed by atoms with Crippen molar-refractivity contribution in [2.24, 2.45) is 0 Å². The van der Waals surface area contributed by atoms with Crippen LogP contribution in [0.3, 0.4) is 0 Å². The molecular weight excluding hydrogens is 413 g/mol. The van der Waals surface area contributed by atoms with Crippen molar-refractivity contribution < 1.29 is 9.13 Å². The lowest BCUT2D eigenvalue weighted by Gasteiger charge is -2.29. The Balaban J connectivity index is 0.000000171. The van der Waals surface area contributed by atoms with Crippen molar-refractivity contribution in [1.29, 1.82) is 0 Å². The van der Waals surface area contributed by atoms with Crippen molar-refractivity contribution in [2.45, 2.75) is 43.5 Å². The van der Waals surface area contributed by atoms with E-state index in [1.807, 2.05) is 13.0 Å². The molecule has 0 amide bonds. The maximum Gasteiger partial charge on any atom is 0.251 e. The lowest BCUT2D eigenvalue weighted by Crippen LogP contribution is -2.34. The first-order chi connectivity index (χ1) is 15.1. The van der Waals surface area contributed by atoms with E-state index in [1.165, 1.54) is 24.2 Å². The normalized spacial score (nSPS) is 19.6. The number of ether oxygens (including phenoxy) is 1. The minimum Gasteiger partial charge on any atom is -0.480 e. The van der Waals surface area contributed by atoms with E-state index in [1.54, 1.807) is 46.8 Å². The smallest absolute Gasteiger partial charge is 0.251 e. The molecule has 1 unspecified atom stereocenters. The fourth-order valence-electron chi connectivity index (χ4n) is 4.78. The highest BCUT2D eigenvalue weighted by Crippen LogP contribution is 2.36. The van der Waals surface area contributed by atoms with Crippen LogP contribution in [0, 0.1) is 12.7 Å². The molecule has 0 radical (unpaired) electrons. The zero-order valence-electron chi connectivity index (χ0n) is 17.6. The SMILES string of the molecule is Cc1cc2c(cn1)OCS2.O=c1ccc2ccc(F)c3c2n1CC3CN1CCCCC1. The van der Waals surface area contributed by atoms with Gasteiger partial charge in [0.15, 0.2) is 5.75 Å². The fourth-order valence-corrected chi connectivity index (χ4v) is 5.60. The van der Waals surface area contributed by atoms with Crippen molar-refractivity contribution in [3.63, 3.8) is 0 Å². The summed E-state index contributed by atoms with van der Waals surface area (Å²) in [5.74, 6) is 1.60. The summed E-state index contributed by atoms with van der Waals surface area (Å²) >= 11 is 1.72. The molecule has 3 aromatic rings. The van der Waals surface area contributed by atoms with Gasteiger partial charge in [-0.1, -0.05) is 18.2 Å². The number of nitrogens with zero attached hydrogens (tertiary/aromatic N) is 3. The minimum absolute atomic E-state index is 0.0181. The van der Waals surface area contributed by atoms with Crippen LogP contribution in [0.5, 0.6) is 5.75 Å². The van der Waals surface area contributed by atoms with E-state index < -0.39 is 0 Å². The van der Waals surface area contributed by atoms with Crippen LogP contribution in [0.2, 0.25) is 0 Å². The average Bonchev–Trinajstić information content (AvgIpc) is 3.39. The van der Waals surface area contributed by atoms with Crippen LogP contribution < -0.4 is 10.3 Å². The summed E-state index contributed by atoms with van der Waals surface area (Å²) in [6.07, 6.45) is 5.54. The molecule has 5 heterocycles. The Morgan fingerprint density at radius 2 is 2.00 bits per heavy atom. The van der Waals surface area contributed by atoms with Crippen molar-refractivity contribution in [3.05, 3.63) is 64.0 Å². The zero-order valence-corrected chi connectivity index (χ0v) is 18.5. The predicted octanol–water partition coefficient (Wildman–Crippen LogP) is 4.56. The Kier molecular flexibility index (Phi) is 5.71. The van der Waals surface area contributed by atoms with Gasteiger partial charge in [0.2, 0.25) is 0 Å². The van der Waals surface area contributed by atoms with Gasteiger partial charge in [0, 0.05) is 36.3 Å². The van der Waals surface area contributed by atoms with Crippen LogP contribution in [0.4, 0.5) is 4.39 Å². The van der Waals surface area contributed by atoms with Crippen LogP contribution >= 0.6 is 11.8 Å². The molecule has 31 heavy (non-hydrogen) atoms. The number of benzene rings is 1. The summed E-state index contributed by atoms with van der Waals surface area (Å²) in [5, 5.41) is 0.965. The molecule has 0 aliphatic carbocycles. The first kappa shape index (κ1) is 20.5. The van der Waals surface area contributed by atoms with E-state index >= 15 is 0 Å². The summed E-state index contributed by atoms with van der Waals surface area (Å²) in [7, 11) is 0. The van der Waals surface area contributed by atoms with E-state index in [-0.39, 0.29) is 17.3 Å². The number of aryl methyl sites for hydroxylation is 1. The number of pyridine rings is 2. The number of hydrogen-bond acceptors (Lipinski definition) is 5. The van der Waals surface area contributed by atoms with Gasteiger partial charge in [-0.05, 0) is 62.5 Å². The molecule has 7 heteroatoms. The number of halogens is 1. The Morgan fingerprint density at radius 3 is 2.84 bits per heavy atom. The second kappa shape index (κ2) is 8.63. The molecule has 0 N–H and O–H groups in total. The zero-order chi connectivity index (χ0) is 21.4. The number of rotatable bonds is 2. The summed E-state index contributed by atoms with van der Waals surface area (Å²) in [6.45, 7) is 5.65. The van der Waals surface area contributed by atoms with E-state index in [0.29, 0.717) is 6.54 Å². The summed E-state index contributed by atoms with van der Waals surface area (Å²) < 4.78 is 21.4. The number of piperidine rings is 1.